The Balaban J connectivity index is 2.12. The van der Waals surface area contributed by atoms with Crippen LogP contribution in [-0.2, 0) is 7.05 Å². The molecule has 2 aromatic rings. The lowest BCUT2D eigenvalue weighted by Crippen LogP contribution is -2.22. The fourth-order valence-electron chi connectivity index (χ4n) is 3.19. The first-order chi connectivity index (χ1) is 13.0. The number of aliphatic imine (C=N–C) groups is 2. The summed E-state index contributed by atoms with van der Waals surface area (Å²) in [5.74, 6) is 0.302. The summed E-state index contributed by atoms with van der Waals surface area (Å²) in [7, 11) is 3.44. The first-order valence-electron chi connectivity index (χ1n) is 8.32. The van der Waals surface area contributed by atoms with Crippen molar-refractivity contribution in [3.05, 3.63) is 64.7 Å². The highest BCUT2D eigenvalue weighted by Crippen LogP contribution is 2.43. The molecule has 2 N–H and O–H groups in total. The number of rotatable bonds is 4. The molecule has 0 saturated carbocycles. The van der Waals surface area contributed by atoms with E-state index in [2.05, 4.69) is 27.7 Å². The van der Waals surface area contributed by atoms with E-state index in [1.807, 2.05) is 31.2 Å². The number of fused-ring (bicyclic) bond motifs is 1. The molecule has 0 aliphatic carbocycles. The molecule has 1 aliphatic rings. The van der Waals surface area contributed by atoms with Gasteiger partial charge in [0.25, 0.3) is 0 Å². The predicted molar refractivity (Wildman–Crippen MR) is 106 cm³/mol. The minimum absolute atomic E-state index is 0.1000. The number of hydrogen-bond donors (Lipinski definition) is 1. The lowest BCUT2D eigenvalue weighted by Gasteiger charge is -2.24. The van der Waals surface area contributed by atoms with Crippen LogP contribution >= 0.6 is 0 Å². The number of aromatic nitrogens is 2. The summed E-state index contributed by atoms with van der Waals surface area (Å²) in [6.07, 6.45) is 3.10. The Hall–Kier alpha value is -3.66. The van der Waals surface area contributed by atoms with Gasteiger partial charge in [0.15, 0.2) is 0 Å². The first kappa shape index (κ1) is 18.1. The Morgan fingerprint density at radius 3 is 2.96 bits per heavy atom. The number of nitrogens with two attached hydrogens (primary N) is 1. The second kappa shape index (κ2) is 7.30. The zero-order valence-electron chi connectivity index (χ0n) is 15.5. The number of ether oxygens (including phenoxy) is 1. The molecule has 136 valence electrons. The van der Waals surface area contributed by atoms with E-state index in [9.17, 15) is 5.26 Å². The van der Waals surface area contributed by atoms with Crippen molar-refractivity contribution in [3.8, 4) is 11.9 Å². The van der Waals surface area contributed by atoms with Crippen molar-refractivity contribution in [3.63, 3.8) is 0 Å². The fraction of sp³-hybridized carbons (Fsp3) is 0.200. The van der Waals surface area contributed by atoms with Crippen molar-refractivity contribution in [1.82, 2.24) is 9.78 Å². The summed E-state index contributed by atoms with van der Waals surface area (Å²) >= 11 is 0. The lowest BCUT2D eigenvalue weighted by molar-refractivity contribution is 0.358. The molecule has 0 amide bonds. The van der Waals surface area contributed by atoms with Crippen molar-refractivity contribution >= 4 is 18.1 Å². The molecule has 7 heteroatoms. The molecule has 0 spiro atoms. The molecule has 27 heavy (non-hydrogen) atoms. The minimum Gasteiger partial charge on any atom is -0.422 e. The highest BCUT2D eigenvalue weighted by atomic mass is 16.5. The molecular formula is C20H20N6O. The van der Waals surface area contributed by atoms with Crippen LogP contribution in [0.1, 0.15) is 28.3 Å². The monoisotopic (exact) mass is 360 g/mol. The van der Waals surface area contributed by atoms with Gasteiger partial charge < -0.3 is 10.5 Å². The molecule has 1 atom stereocenters. The third-order valence-corrected chi connectivity index (χ3v) is 4.39. The number of hydrogen-bond acceptors (Lipinski definition) is 5. The van der Waals surface area contributed by atoms with Crippen LogP contribution in [0.2, 0.25) is 0 Å². The van der Waals surface area contributed by atoms with Gasteiger partial charge in [-0.25, -0.2) is 9.67 Å². The van der Waals surface area contributed by atoms with E-state index >= 15 is 0 Å². The maximum absolute atomic E-state index is 9.69. The van der Waals surface area contributed by atoms with Gasteiger partial charge in [0.1, 0.15) is 18.0 Å². The number of aryl methyl sites for hydroxylation is 2. The molecule has 2 heterocycles. The fourth-order valence-corrected chi connectivity index (χ4v) is 3.19. The molecular weight excluding hydrogens is 340 g/mol. The molecule has 0 bridgehead atoms. The van der Waals surface area contributed by atoms with Gasteiger partial charge in [-0.3, -0.25) is 4.99 Å². The quantitative estimate of drug-likeness (QED) is 0.669. The van der Waals surface area contributed by atoms with Crippen LogP contribution in [0.25, 0.3) is 5.57 Å². The van der Waals surface area contributed by atoms with Crippen LogP contribution in [0.15, 0.2) is 52.3 Å². The van der Waals surface area contributed by atoms with Crippen LogP contribution in [-0.4, -0.2) is 29.4 Å². The van der Waals surface area contributed by atoms with Crippen molar-refractivity contribution in [2.75, 3.05) is 7.05 Å². The van der Waals surface area contributed by atoms with Crippen molar-refractivity contribution in [2.45, 2.75) is 12.8 Å². The first-order valence-corrected chi connectivity index (χ1v) is 8.32. The molecule has 1 aromatic carbocycles. The highest BCUT2D eigenvalue weighted by molar-refractivity contribution is 6.10. The van der Waals surface area contributed by atoms with Crippen LogP contribution in [0, 0.1) is 18.3 Å². The number of nitrogens with zero attached hydrogens (tertiary/aromatic N) is 5. The predicted octanol–water partition coefficient (Wildman–Crippen LogP) is 2.69. The molecule has 1 unspecified atom stereocenters. The molecule has 3 rings (SSSR count). The topological polar surface area (TPSA) is 102 Å². The van der Waals surface area contributed by atoms with Gasteiger partial charge in [0.05, 0.1) is 17.2 Å². The second-order valence-corrected chi connectivity index (χ2v) is 6.16. The van der Waals surface area contributed by atoms with Crippen molar-refractivity contribution in [1.29, 1.82) is 5.26 Å². The van der Waals surface area contributed by atoms with Crippen molar-refractivity contribution in [2.24, 2.45) is 22.8 Å². The van der Waals surface area contributed by atoms with E-state index in [1.165, 1.54) is 6.34 Å². The third kappa shape index (κ3) is 3.25. The minimum atomic E-state index is -0.352. The van der Waals surface area contributed by atoms with E-state index in [4.69, 9.17) is 10.5 Å². The average Bonchev–Trinajstić information content (AvgIpc) is 2.94. The largest absolute Gasteiger partial charge is 0.422 e. The lowest BCUT2D eigenvalue weighted by atomic mass is 9.83. The van der Waals surface area contributed by atoms with E-state index in [0.717, 1.165) is 28.0 Å². The van der Waals surface area contributed by atoms with Crippen molar-refractivity contribution < 1.29 is 4.74 Å². The molecule has 1 aliphatic heterocycles. The highest BCUT2D eigenvalue weighted by Gasteiger charge is 2.35. The Bertz CT molecular complexity index is 1040. The third-order valence-electron chi connectivity index (χ3n) is 4.39. The van der Waals surface area contributed by atoms with E-state index in [1.54, 1.807) is 25.0 Å². The maximum Gasteiger partial charge on any atom is 0.224 e. The summed E-state index contributed by atoms with van der Waals surface area (Å²) in [4.78, 5) is 7.89. The Morgan fingerprint density at radius 2 is 2.26 bits per heavy atom. The van der Waals surface area contributed by atoms with Crippen LogP contribution in [0.5, 0.6) is 5.88 Å². The van der Waals surface area contributed by atoms with E-state index < -0.39 is 0 Å². The Morgan fingerprint density at radius 1 is 1.48 bits per heavy atom. The molecule has 7 nitrogen and oxygen atoms in total. The molecule has 0 radical (unpaired) electrons. The summed E-state index contributed by atoms with van der Waals surface area (Å²) in [6.45, 7) is 5.94. The van der Waals surface area contributed by atoms with Gasteiger partial charge in [-0.1, -0.05) is 30.8 Å². The number of nitriles is 1. The Labute approximate surface area is 157 Å². The van der Waals surface area contributed by atoms with Gasteiger partial charge >= 0.3 is 0 Å². The average molecular weight is 360 g/mol. The maximum atomic E-state index is 9.69. The van der Waals surface area contributed by atoms with Gasteiger partial charge in [-0.15, -0.1) is 0 Å². The van der Waals surface area contributed by atoms with E-state index in [0.29, 0.717) is 11.5 Å². The summed E-state index contributed by atoms with van der Waals surface area (Å²) in [5.41, 5.74) is 10.6. The summed E-state index contributed by atoms with van der Waals surface area (Å²) in [5, 5.41) is 14.1. The van der Waals surface area contributed by atoms with Gasteiger partial charge in [0.2, 0.25) is 11.8 Å². The van der Waals surface area contributed by atoms with Gasteiger partial charge in [0, 0.05) is 20.3 Å². The molecule has 1 aromatic heterocycles. The van der Waals surface area contributed by atoms with Gasteiger partial charge in [-0.05, 0) is 23.6 Å². The SMILES string of the molecule is C=C(C=NC=NC)c1cccc(C2C(C#N)=C(N)Oc3c2c(C)nn3C)c1. The standard InChI is InChI=1S/C20H20N6O/c1-12(10-24-11-23-3)14-6-5-7-15(8-14)18-16(9-21)19(22)27-20-17(18)13(2)25-26(20)4/h5-8,10-11,18H,1,22H2,2-4H3. The van der Waals surface area contributed by atoms with Crippen LogP contribution < -0.4 is 10.5 Å². The number of allylic oxidation sites excluding steroid dienone is 2. The second-order valence-electron chi connectivity index (χ2n) is 6.16. The zero-order valence-corrected chi connectivity index (χ0v) is 15.5. The normalized spacial score (nSPS) is 16.4. The number of benzene rings is 1. The smallest absolute Gasteiger partial charge is 0.224 e. The van der Waals surface area contributed by atoms with Gasteiger partial charge in [-0.2, -0.15) is 10.4 Å². The Kier molecular flexibility index (Phi) is 4.90. The summed E-state index contributed by atoms with van der Waals surface area (Å²) in [6, 6.07) is 9.99. The van der Waals surface area contributed by atoms with Crippen LogP contribution in [0.4, 0.5) is 0 Å². The van der Waals surface area contributed by atoms with Crippen LogP contribution in [0.3, 0.4) is 0 Å². The van der Waals surface area contributed by atoms with E-state index in [-0.39, 0.29) is 11.8 Å². The summed E-state index contributed by atoms with van der Waals surface area (Å²) < 4.78 is 7.30. The molecule has 0 saturated heterocycles. The molecule has 0 fully saturated rings. The zero-order chi connectivity index (χ0) is 19.6.